The molecule has 2 heterocycles. The van der Waals surface area contributed by atoms with Crippen molar-refractivity contribution in [3.05, 3.63) is 43.9 Å². The molecule has 1 atom stereocenters. The lowest BCUT2D eigenvalue weighted by molar-refractivity contribution is 0.472. The summed E-state index contributed by atoms with van der Waals surface area (Å²) in [5.41, 5.74) is 5.99. The summed E-state index contributed by atoms with van der Waals surface area (Å²) in [7, 11) is 0. The number of rotatable bonds is 2. The zero-order valence-corrected chi connectivity index (χ0v) is 10.2. The predicted molar refractivity (Wildman–Crippen MR) is 61.8 cm³/mol. The van der Waals surface area contributed by atoms with Crippen LogP contribution in [0.15, 0.2) is 32.7 Å². The highest BCUT2D eigenvalue weighted by molar-refractivity contribution is 9.10. The molecular formula is C9H7BrClNOS. The third-order valence-electron chi connectivity index (χ3n) is 1.83. The molecule has 0 bridgehead atoms. The Morgan fingerprint density at radius 3 is 2.71 bits per heavy atom. The first kappa shape index (κ1) is 10.2. The van der Waals surface area contributed by atoms with E-state index < -0.39 is 0 Å². The van der Waals surface area contributed by atoms with Crippen LogP contribution in [-0.4, -0.2) is 0 Å². The minimum atomic E-state index is -0.284. The molecule has 2 rings (SSSR count). The molecule has 0 aliphatic rings. The van der Waals surface area contributed by atoms with Gasteiger partial charge in [0.1, 0.15) is 5.76 Å². The van der Waals surface area contributed by atoms with Gasteiger partial charge in [-0.1, -0.05) is 11.6 Å². The van der Waals surface area contributed by atoms with Gasteiger partial charge in [-0.15, -0.1) is 11.3 Å². The molecule has 0 aliphatic heterocycles. The van der Waals surface area contributed by atoms with E-state index in [0.717, 1.165) is 4.88 Å². The fraction of sp³-hybridized carbons (Fsp3) is 0.111. The molecule has 0 fully saturated rings. The van der Waals surface area contributed by atoms with Crippen LogP contribution >= 0.6 is 38.9 Å². The molecule has 5 heteroatoms. The van der Waals surface area contributed by atoms with Crippen LogP contribution in [0.4, 0.5) is 0 Å². The Morgan fingerprint density at radius 2 is 2.21 bits per heavy atom. The molecule has 0 radical (unpaired) electrons. The summed E-state index contributed by atoms with van der Waals surface area (Å²) in [5.74, 6) is 0.709. The first-order valence-electron chi connectivity index (χ1n) is 3.92. The van der Waals surface area contributed by atoms with Gasteiger partial charge >= 0.3 is 0 Å². The molecule has 0 aliphatic carbocycles. The molecule has 2 N–H and O–H groups in total. The third kappa shape index (κ3) is 1.88. The maximum absolute atomic E-state index is 5.99. The fourth-order valence-corrected chi connectivity index (χ4v) is 2.65. The highest BCUT2D eigenvalue weighted by Gasteiger charge is 2.16. The average Bonchev–Trinajstić information content (AvgIpc) is 2.73. The standard InChI is InChI=1S/C9H7BrClNOS/c10-7-2-1-6(13-7)8(12)9-5(11)3-4-14-9/h1-4,8H,12H2. The maximum atomic E-state index is 5.99. The Balaban J connectivity index is 2.33. The van der Waals surface area contributed by atoms with E-state index >= 15 is 0 Å². The quantitative estimate of drug-likeness (QED) is 0.914. The van der Waals surface area contributed by atoms with Crippen LogP contribution in [0.3, 0.4) is 0 Å². The Bertz CT molecular complexity index is 439. The first-order valence-corrected chi connectivity index (χ1v) is 5.97. The number of halogens is 2. The van der Waals surface area contributed by atoms with Gasteiger partial charge in [-0.3, -0.25) is 0 Å². The van der Waals surface area contributed by atoms with Gasteiger partial charge in [-0.2, -0.15) is 0 Å². The normalized spacial score (nSPS) is 13.1. The topological polar surface area (TPSA) is 39.2 Å². The van der Waals surface area contributed by atoms with E-state index in [2.05, 4.69) is 15.9 Å². The molecule has 74 valence electrons. The van der Waals surface area contributed by atoms with Crippen LogP contribution < -0.4 is 5.73 Å². The molecule has 2 aromatic rings. The summed E-state index contributed by atoms with van der Waals surface area (Å²) in [6, 6.07) is 5.20. The molecule has 0 aromatic carbocycles. The lowest BCUT2D eigenvalue weighted by Crippen LogP contribution is -2.09. The summed E-state index contributed by atoms with van der Waals surface area (Å²) in [4.78, 5) is 0.925. The van der Waals surface area contributed by atoms with Crippen LogP contribution in [-0.2, 0) is 0 Å². The summed E-state index contributed by atoms with van der Waals surface area (Å²) < 4.78 is 6.04. The highest BCUT2D eigenvalue weighted by Crippen LogP contribution is 2.32. The van der Waals surface area contributed by atoms with Gasteiger partial charge in [-0.05, 0) is 39.5 Å². The van der Waals surface area contributed by atoms with Crippen LogP contribution in [0, 0.1) is 0 Å². The number of hydrogen-bond acceptors (Lipinski definition) is 3. The molecule has 0 saturated carbocycles. The van der Waals surface area contributed by atoms with Gasteiger partial charge in [-0.25, -0.2) is 0 Å². The van der Waals surface area contributed by atoms with E-state index in [1.165, 1.54) is 11.3 Å². The van der Waals surface area contributed by atoms with Crippen LogP contribution in [0.5, 0.6) is 0 Å². The number of thiophene rings is 1. The van der Waals surface area contributed by atoms with Crippen LogP contribution in [0.25, 0.3) is 0 Å². The fourth-order valence-electron chi connectivity index (χ4n) is 1.15. The average molecular weight is 293 g/mol. The molecule has 2 nitrogen and oxygen atoms in total. The molecule has 0 amide bonds. The lowest BCUT2D eigenvalue weighted by atomic mass is 10.2. The number of furan rings is 1. The summed E-state index contributed by atoms with van der Waals surface area (Å²) in [6.07, 6.45) is 0. The zero-order valence-electron chi connectivity index (χ0n) is 7.04. The second-order valence-corrected chi connectivity index (χ2v) is 4.89. The van der Waals surface area contributed by atoms with Crippen molar-refractivity contribution in [2.24, 2.45) is 5.73 Å². The van der Waals surface area contributed by atoms with E-state index in [-0.39, 0.29) is 6.04 Å². The van der Waals surface area contributed by atoms with E-state index in [1.807, 2.05) is 23.6 Å². The molecule has 14 heavy (non-hydrogen) atoms. The summed E-state index contributed by atoms with van der Waals surface area (Å²) in [5, 5.41) is 2.60. The Morgan fingerprint density at radius 1 is 1.43 bits per heavy atom. The molecule has 2 aromatic heterocycles. The second-order valence-electron chi connectivity index (χ2n) is 2.75. The largest absolute Gasteiger partial charge is 0.452 e. The predicted octanol–water partition coefficient (Wildman–Crippen LogP) is 3.81. The van der Waals surface area contributed by atoms with Gasteiger partial charge in [0.05, 0.1) is 11.1 Å². The van der Waals surface area contributed by atoms with E-state index in [1.54, 1.807) is 0 Å². The Labute approximate surface area is 98.8 Å². The molecular weight excluding hydrogens is 286 g/mol. The minimum absolute atomic E-state index is 0.284. The van der Waals surface area contributed by atoms with Crippen LogP contribution in [0.2, 0.25) is 5.02 Å². The molecule has 0 spiro atoms. The smallest absolute Gasteiger partial charge is 0.169 e. The Hall–Kier alpha value is -0.290. The van der Waals surface area contributed by atoms with Gasteiger partial charge in [0.25, 0.3) is 0 Å². The van der Waals surface area contributed by atoms with Gasteiger partial charge in [0.2, 0.25) is 0 Å². The van der Waals surface area contributed by atoms with Crippen LogP contribution in [0.1, 0.15) is 16.7 Å². The number of nitrogens with two attached hydrogens (primary N) is 1. The SMILES string of the molecule is NC(c1ccc(Br)o1)c1sccc1Cl. The number of hydrogen-bond donors (Lipinski definition) is 1. The van der Waals surface area contributed by atoms with Gasteiger partial charge in [0.15, 0.2) is 4.67 Å². The van der Waals surface area contributed by atoms with Gasteiger partial charge in [0, 0.05) is 4.88 Å². The van der Waals surface area contributed by atoms with E-state index in [9.17, 15) is 0 Å². The lowest BCUT2D eigenvalue weighted by Gasteiger charge is -2.06. The van der Waals surface area contributed by atoms with Crippen molar-refractivity contribution >= 4 is 38.9 Å². The van der Waals surface area contributed by atoms with Crippen molar-refractivity contribution in [2.45, 2.75) is 6.04 Å². The summed E-state index contributed by atoms with van der Waals surface area (Å²) in [6.45, 7) is 0. The van der Waals surface area contributed by atoms with E-state index in [0.29, 0.717) is 15.5 Å². The first-order chi connectivity index (χ1) is 6.68. The molecule has 1 unspecified atom stereocenters. The van der Waals surface area contributed by atoms with E-state index in [4.69, 9.17) is 21.8 Å². The van der Waals surface area contributed by atoms with Crippen molar-refractivity contribution in [3.63, 3.8) is 0 Å². The highest BCUT2D eigenvalue weighted by atomic mass is 79.9. The molecule has 0 saturated heterocycles. The van der Waals surface area contributed by atoms with Crippen molar-refractivity contribution in [2.75, 3.05) is 0 Å². The zero-order chi connectivity index (χ0) is 10.1. The third-order valence-corrected chi connectivity index (χ3v) is 3.70. The monoisotopic (exact) mass is 291 g/mol. The van der Waals surface area contributed by atoms with Crippen molar-refractivity contribution in [3.8, 4) is 0 Å². The van der Waals surface area contributed by atoms with Gasteiger partial charge < -0.3 is 10.2 Å². The van der Waals surface area contributed by atoms with Crippen molar-refractivity contribution in [1.29, 1.82) is 0 Å². The minimum Gasteiger partial charge on any atom is -0.452 e. The van der Waals surface area contributed by atoms with Crippen molar-refractivity contribution in [1.82, 2.24) is 0 Å². The maximum Gasteiger partial charge on any atom is 0.169 e. The second kappa shape index (κ2) is 4.06. The Kier molecular flexibility index (Phi) is 2.97. The summed E-state index contributed by atoms with van der Waals surface area (Å²) >= 11 is 10.7. The van der Waals surface area contributed by atoms with Crippen molar-refractivity contribution < 1.29 is 4.42 Å².